The van der Waals surface area contributed by atoms with Gasteiger partial charge in [-0.15, -0.1) is 0 Å². The number of morpholine rings is 1. The van der Waals surface area contributed by atoms with E-state index in [4.69, 9.17) is 9.47 Å². The number of halogens is 1. The van der Waals surface area contributed by atoms with Crippen LogP contribution < -0.4 is 10.1 Å². The van der Waals surface area contributed by atoms with E-state index in [2.05, 4.69) is 5.32 Å². The second kappa shape index (κ2) is 4.59. The molecule has 1 aromatic carbocycles. The molecule has 1 heterocycles. The predicted octanol–water partition coefficient (Wildman–Crippen LogP) is 1.50. The van der Waals surface area contributed by atoms with Gasteiger partial charge in [-0.25, -0.2) is 4.39 Å². The smallest absolute Gasteiger partial charge is 0.128 e. The number of benzene rings is 1. The van der Waals surface area contributed by atoms with Gasteiger partial charge >= 0.3 is 0 Å². The molecule has 1 aliphatic heterocycles. The van der Waals surface area contributed by atoms with E-state index in [9.17, 15) is 4.39 Å². The third kappa shape index (κ3) is 2.27. The summed E-state index contributed by atoms with van der Waals surface area (Å²) in [4.78, 5) is 0. The van der Waals surface area contributed by atoms with Crippen LogP contribution in [0.15, 0.2) is 18.2 Å². The molecule has 0 amide bonds. The van der Waals surface area contributed by atoms with Crippen LogP contribution in [0.5, 0.6) is 5.75 Å². The van der Waals surface area contributed by atoms with E-state index in [0.29, 0.717) is 24.5 Å². The summed E-state index contributed by atoms with van der Waals surface area (Å²) < 4.78 is 23.9. The highest BCUT2D eigenvalue weighted by atomic mass is 19.1. The third-order valence-electron chi connectivity index (χ3n) is 2.50. The van der Waals surface area contributed by atoms with Crippen molar-refractivity contribution in [3.8, 4) is 5.75 Å². The van der Waals surface area contributed by atoms with Crippen molar-refractivity contribution in [1.82, 2.24) is 5.32 Å². The Bertz CT molecular complexity index is 337. The van der Waals surface area contributed by atoms with Crippen LogP contribution in [-0.4, -0.2) is 26.9 Å². The van der Waals surface area contributed by atoms with Crippen LogP contribution in [-0.2, 0) is 4.74 Å². The number of nitrogens with one attached hydrogen (secondary N) is 1. The maximum atomic E-state index is 13.5. The zero-order chi connectivity index (χ0) is 10.7. The molecule has 1 fully saturated rings. The van der Waals surface area contributed by atoms with E-state index >= 15 is 0 Å². The van der Waals surface area contributed by atoms with E-state index in [1.165, 1.54) is 6.07 Å². The molecule has 0 bridgehead atoms. The minimum Gasteiger partial charge on any atom is -0.497 e. The summed E-state index contributed by atoms with van der Waals surface area (Å²) in [7, 11) is 1.57. The maximum absolute atomic E-state index is 13.5. The Kier molecular flexibility index (Phi) is 3.18. The molecule has 82 valence electrons. The monoisotopic (exact) mass is 211 g/mol. The van der Waals surface area contributed by atoms with Crippen molar-refractivity contribution in [2.45, 2.75) is 6.04 Å². The minimum atomic E-state index is -0.223. The standard InChI is InChI=1S/C11H14FNO2/c1-14-8-2-3-10(12)9(6-8)11-7-15-5-4-13-11/h2-3,6,11,13H,4-5,7H2,1H3/t11-/m1/s1. The lowest BCUT2D eigenvalue weighted by Gasteiger charge is -2.24. The van der Waals surface area contributed by atoms with E-state index in [1.807, 2.05) is 0 Å². The summed E-state index contributed by atoms with van der Waals surface area (Å²) in [6, 6.07) is 4.67. The zero-order valence-electron chi connectivity index (χ0n) is 8.63. The highest BCUT2D eigenvalue weighted by Crippen LogP contribution is 2.23. The van der Waals surface area contributed by atoms with Gasteiger partial charge < -0.3 is 14.8 Å². The summed E-state index contributed by atoms with van der Waals surface area (Å²) in [5, 5.41) is 3.21. The molecule has 0 spiro atoms. The van der Waals surface area contributed by atoms with E-state index in [-0.39, 0.29) is 11.9 Å². The van der Waals surface area contributed by atoms with Crippen LogP contribution in [0, 0.1) is 5.82 Å². The maximum Gasteiger partial charge on any atom is 0.128 e. The second-order valence-electron chi connectivity index (χ2n) is 3.47. The first kappa shape index (κ1) is 10.4. The Balaban J connectivity index is 2.24. The summed E-state index contributed by atoms with van der Waals surface area (Å²) in [6.45, 7) is 1.94. The molecule has 0 aliphatic carbocycles. The first-order chi connectivity index (χ1) is 7.31. The average Bonchev–Trinajstić information content (AvgIpc) is 2.31. The fourth-order valence-electron chi connectivity index (χ4n) is 1.68. The molecule has 4 heteroatoms. The molecule has 0 radical (unpaired) electrons. The Morgan fingerprint density at radius 3 is 3.07 bits per heavy atom. The molecule has 15 heavy (non-hydrogen) atoms. The van der Waals surface area contributed by atoms with E-state index in [1.54, 1.807) is 19.2 Å². The van der Waals surface area contributed by atoms with Gasteiger partial charge in [0.25, 0.3) is 0 Å². The third-order valence-corrected chi connectivity index (χ3v) is 2.50. The van der Waals surface area contributed by atoms with Crippen molar-refractivity contribution in [1.29, 1.82) is 0 Å². The molecule has 1 aliphatic rings. The van der Waals surface area contributed by atoms with Gasteiger partial charge in [-0.2, -0.15) is 0 Å². The van der Waals surface area contributed by atoms with Crippen molar-refractivity contribution in [3.05, 3.63) is 29.6 Å². The molecular formula is C11H14FNO2. The van der Waals surface area contributed by atoms with Gasteiger partial charge in [-0.1, -0.05) is 0 Å². The zero-order valence-corrected chi connectivity index (χ0v) is 8.63. The van der Waals surface area contributed by atoms with Crippen LogP contribution in [0.2, 0.25) is 0 Å². The van der Waals surface area contributed by atoms with Gasteiger partial charge in [-0.05, 0) is 18.2 Å². The highest BCUT2D eigenvalue weighted by molar-refractivity contribution is 5.32. The van der Waals surface area contributed by atoms with Crippen LogP contribution in [0.4, 0.5) is 4.39 Å². The molecule has 0 aromatic heterocycles. The van der Waals surface area contributed by atoms with Crippen molar-refractivity contribution in [2.24, 2.45) is 0 Å². The molecular weight excluding hydrogens is 197 g/mol. The SMILES string of the molecule is COc1ccc(F)c([C@H]2COCCN2)c1. The molecule has 1 atom stereocenters. The largest absolute Gasteiger partial charge is 0.497 e. The fourth-order valence-corrected chi connectivity index (χ4v) is 1.68. The van der Waals surface area contributed by atoms with Gasteiger partial charge in [-0.3, -0.25) is 0 Å². The topological polar surface area (TPSA) is 30.5 Å². The minimum absolute atomic E-state index is 0.0751. The van der Waals surface area contributed by atoms with Crippen molar-refractivity contribution >= 4 is 0 Å². The van der Waals surface area contributed by atoms with Crippen molar-refractivity contribution in [2.75, 3.05) is 26.9 Å². The first-order valence-corrected chi connectivity index (χ1v) is 4.96. The van der Waals surface area contributed by atoms with Crippen molar-refractivity contribution in [3.63, 3.8) is 0 Å². The molecule has 1 saturated heterocycles. The van der Waals surface area contributed by atoms with Gasteiger partial charge in [0.2, 0.25) is 0 Å². The lowest BCUT2D eigenvalue weighted by atomic mass is 10.1. The number of hydrogen-bond donors (Lipinski definition) is 1. The van der Waals surface area contributed by atoms with Gasteiger partial charge in [0.05, 0.1) is 26.4 Å². The molecule has 3 nitrogen and oxygen atoms in total. The Morgan fingerprint density at radius 1 is 1.53 bits per heavy atom. The highest BCUT2D eigenvalue weighted by Gasteiger charge is 2.19. The van der Waals surface area contributed by atoms with Crippen LogP contribution in [0.25, 0.3) is 0 Å². The van der Waals surface area contributed by atoms with Crippen LogP contribution >= 0.6 is 0 Å². The van der Waals surface area contributed by atoms with E-state index < -0.39 is 0 Å². The Hall–Kier alpha value is -1.13. The normalized spacial score (nSPS) is 21.3. The second-order valence-corrected chi connectivity index (χ2v) is 3.47. The molecule has 2 rings (SSSR count). The predicted molar refractivity (Wildman–Crippen MR) is 54.5 cm³/mol. The number of ether oxygens (including phenoxy) is 2. The van der Waals surface area contributed by atoms with Crippen LogP contribution in [0.3, 0.4) is 0 Å². The Labute approximate surface area is 88.2 Å². The quantitative estimate of drug-likeness (QED) is 0.804. The van der Waals surface area contributed by atoms with Gasteiger partial charge in [0, 0.05) is 12.1 Å². The Morgan fingerprint density at radius 2 is 2.40 bits per heavy atom. The van der Waals surface area contributed by atoms with Gasteiger partial charge in [0.1, 0.15) is 11.6 Å². The lowest BCUT2D eigenvalue weighted by Crippen LogP contribution is -2.35. The molecule has 0 saturated carbocycles. The summed E-state index contributed by atoms with van der Waals surface area (Å²) in [6.07, 6.45) is 0. The summed E-state index contributed by atoms with van der Waals surface area (Å²) >= 11 is 0. The first-order valence-electron chi connectivity index (χ1n) is 4.96. The lowest BCUT2D eigenvalue weighted by molar-refractivity contribution is 0.0757. The molecule has 1 N–H and O–H groups in total. The number of hydrogen-bond acceptors (Lipinski definition) is 3. The van der Waals surface area contributed by atoms with Gasteiger partial charge in [0.15, 0.2) is 0 Å². The summed E-state index contributed by atoms with van der Waals surface area (Å²) in [5.74, 6) is 0.442. The van der Waals surface area contributed by atoms with E-state index in [0.717, 1.165) is 6.54 Å². The number of methoxy groups -OCH3 is 1. The summed E-state index contributed by atoms with van der Waals surface area (Å²) in [5.41, 5.74) is 0.606. The average molecular weight is 211 g/mol. The molecule has 1 aromatic rings. The number of rotatable bonds is 2. The molecule has 0 unspecified atom stereocenters. The van der Waals surface area contributed by atoms with Crippen molar-refractivity contribution < 1.29 is 13.9 Å². The fraction of sp³-hybridized carbons (Fsp3) is 0.455. The van der Waals surface area contributed by atoms with Crippen LogP contribution in [0.1, 0.15) is 11.6 Å².